The minimum Gasteiger partial charge on any atom is -0.375 e. The predicted octanol–water partition coefficient (Wildman–Crippen LogP) is 1.77. The van der Waals surface area contributed by atoms with Crippen LogP contribution in [0.5, 0.6) is 0 Å². The van der Waals surface area contributed by atoms with Crippen molar-refractivity contribution in [2.24, 2.45) is 11.7 Å². The maximum atomic E-state index is 5.90. The highest BCUT2D eigenvalue weighted by Gasteiger charge is 2.10. The van der Waals surface area contributed by atoms with E-state index in [1.165, 1.54) is 11.3 Å². The number of rotatable bonds is 3. The summed E-state index contributed by atoms with van der Waals surface area (Å²) in [5.41, 5.74) is 12.3. The Bertz CT molecular complexity index is 244. The summed E-state index contributed by atoms with van der Waals surface area (Å²) in [6.45, 7) is 4.30. The molecule has 4 N–H and O–H groups in total. The summed E-state index contributed by atoms with van der Waals surface area (Å²) in [7, 11) is 0. The highest BCUT2D eigenvalue weighted by Crippen LogP contribution is 2.21. The van der Waals surface area contributed by atoms with Crippen LogP contribution in [0.3, 0.4) is 0 Å². The van der Waals surface area contributed by atoms with Crippen molar-refractivity contribution in [3.63, 3.8) is 0 Å². The summed E-state index contributed by atoms with van der Waals surface area (Å²) in [6, 6.07) is 0.0403. The lowest BCUT2D eigenvalue weighted by Gasteiger charge is -2.10. The minimum absolute atomic E-state index is 0.0403. The van der Waals surface area contributed by atoms with Gasteiger partial charge in [-0.3, -0.25) is 0 Å². The lowest BCUT2D eigenvalue weighted by atomic mass is 10.0. The number of anilines is 1. The molecule has 1 atom stereocenters. The number of aromatic nitrogens is 1. The van der Waals surface area contributed by atoms with Crippen molar-refractivity contribution in [2.45, 2.75) is 26.3 Å². The molecule has 0 fully saturated rings. The largest absolute Gasteiger partial charge is 0.375 e. The van der Waals surface area contributed by atoms with Crippen molar-refractivity contribution >= 4 is 16.5 Å². The zero-order valence-electron chi connectivity index (χ0n) is 7.45. The van der Waals surface area contributed by atoms with Gasteiger partial charge in [0.2, 0.25) is 0 Å². The van der Waals surface area contributed by atoms with Gasteiger partial charge >= 0.3 is 0 Å². The number of hydrogen-bond acceptors (Lipinski definition) is 4. The number of hydrogen-bond donors (Lipinski definition) is 2. The van der Waals surface area contributed by atoms with Gasteiger partial charge in [-0.05, 0) is 12.3 Å². The van der Waals surface area contributed by atoms with E-state index < -0.39 is 0 Å². The SMILES string of the molecule is CC(C)CC(N)c1csc(N)n1. The highest BCUT2D eigenvalue weighted by atomic mass is 32.1. The number of nitrogens with two attached hydrogens (primary N) is 2. The first-order valence-corrected chi connectivity index (χ1v) is 4.94. The van der Waals surface area contributed by atoms with Gasteiger partial charge < -0.3 is 11.5 Å². The molecule has 0 aliphatic carbocycles. The van der Waals surface area contributed by atoms with E-state index in [1.54, 1.807) is 0 Å². The quantitative estimate of drug-likeness (QED) is 0.754. The highest BCUT2D eigenvalue weighted by molar-refractivity contribution is 7.13. The average Bonchev–Trinajstić information content (AvgIpc) is 2.34. The van der Waals surface area contributed by atoms with Crippen LogP contribution in [-0.2, 0) is 0 Å². The summed E-state index contributed by atoms with van der Waals surface area (Å²) in [5.74, 6) is 0.600. The van der Waals surface area contributed by atoms with Crippen molar-refractivity contribution in [1.82, 2.24) is 4.98 Å². The van der Waals surface area contributed by atoms with Gasteiger partial charge in [0.1, 0.15) is 0 Å². The lowest BCUT2D eigenvalue weighted by molar-refractivity contribution is 0.504. The normalized spacial score (nSPS) is 13.7. The maximum absolute atomic E-state index is 5.90. The van der Waals surface area contributed by atoms with Crippen LogP contribution in [-0.4, -0.2) is 4.98 Å². The Morgan fingerprint density at radius 2 is 2.25 bits per heavy atom. The minimum atomic E-state index is 0.0403. The maximum Gasteiger partial charge on any atom is 0.180 e. The van der Waals surface area contributed by atoms with E-state index in [-0.39, 0.29) is 6.04 Å². The second-order valence-corrected chi connectivity index (χ2v) is 4.24. The zero-order chi connectivity index (χ0) is 9.14. The third-order valence-electron chi connectivity index (χ3n) is 1.64. The number of nitrogen functional groups attached to an aromatic ring is 1. The average molecular weight is 185 g/mol. The Morgan fingerprint density at radius 3 is 2.67 bits per heavy atom. The van der Waals surface area contributed by atoms with E-state index in [2.05, 4.69) is 18.8 Å². The molecular weight excluding hydrogens is 170 g/mol. The van der Waals surface area contributed by atoms with Crippen molar-refractivity contribution < 1.29 is 0 Å². The number of thiazole rings is 1. The molecule has 1 aromatic heterocycles. The molecule has 0 spiro atoms. The Morgan fingerprint density at radius 1 is 1.58 bits per heavy atom. The topological polar surface area (TPSA) is 64.9 Å². The molecule has 4 heteroatoms. The molecule has 0 saturated carbocycles. The zero-order valence-corrected chi connectivity index (χ0v) is 8.27. The Kier molecular flexibility index (Phi) is 3.05. The third-order valence-corrected chi connectivity index (χ3v) is 2.34. The smallest absolute Gasteiger partial charge is 0.180 e. The van der Waals surface area contributed by atoms with Crippen LogP contribution in [0, 0.1) is 5.92 Å². The molecule has 0 amide bonds. The fraction of sp³-hybridized carbons (Fsp3) is 0.625. The van der Waals surface area contributed by atoms with Gasteiger partial charge in [0.15, 0.2) is 5.13 Å². The van der Waals surface area contributed by atoms with Gasteiger partial charge in [0.05, 0.1) is 5.69 Å². The van der Waals surface area contributed by atoms with E-state index in [0.717, 1.165) is 12.1 Å². The molecule has 0 saturated heterocycles. The Labute approximate surface area is 76.8 Å². The Hall–Kier alpha value is -0.610. The molecular formula is C8H15N3S. The van der Waals surface area contributed by atoms with Gasteiger partial charge in [0.25, 0.3) is 0 Å². The van der Waals surface area contributed by atoms with E-state index in [0.29, 0.717) is 11.0 Å². The summed E-state index contributed by atoms with van der Waals surface area (Å²) >= 11 is 1.45. The first-order valence-electron chi connectivity index (χ1n) is 4.06. The molecule has 1 heterocycles. The van der Waals surface area contributed by atoms with Crippen molar-refractivity contribution in [3.8, 4) is 0 Å². The van der Waals surface area contributed by atoms with E-state index in [4.69, 9.17) is 11.5 Å². The molecule has 0 bridgehead atoms. The molecule has 0 radical (unpaired) electrons. The van der Waals surface area contributed by atoms with Crippen LogP contribution in [0.4, 0.5) is 5.13 Å². The van der Waals surface area contributed by atoms with Crippen LogP contribution in [0.25, 0.3) is 0 Å². The summed E-state index contributed by atoms with van der Waals surface area (Å²) in [5, 5.41) is 2.53. The Balaban J connectivity index is 2.58. The number of nitrogens with zero attached hydrogens (tertiary/aromatic N) is 1. The molecule has 1 rings (SSSR count). The van der Waals surface area contributed by atoms with Gasteiger partial charge in [0, 0.05) is 11.4 Å². The van der Waals surface area contributed by atoms with Crippen LogP contribution in [0.15, 0.2) is 5.38 Å². The molecule has 3 nitrogen and oxygen atoms in total. The lowest BCUT2D eigenvalue weighted by Crippen LogP contribution is -2.13. The van der Waals surface area contributed by atoms with Gasteiger partial charge in [-0.2, -0.15) is 0 Å². The molecule has 1 aromatic rings. The first kappa shape index (κ1) is 9.48. The monoisotopic (exact) mass is 185 g/mol. The summed E-state index contributed by atoms with van der Waals surface area (Å²) in [6.07, 6.45) is 0.961. The third kappa shape index (κ3) is 2.46. The standard InChI is InChI=1S/C8H15N3S/c1-5(2)3-6(9)7-4-12-8(10)11-7/h4-6H,3,9H2,1-2H3,(H2,10,11). The molecule has 68 valence electrons. The van der Waals surface area contributed by atoms with Crippen LogP contribution in [0.2, 0.25) is 0 Å². The van der Waals surface area contributed by atoms with Crippen LogP contribution < -0.4 is 11.5 Å². The molecule has 12 heavy (non-hydrogen) atoms. The van der Waals surface area contributed by atoms with Gasteiger partial charge in [-0.25, -0.2) is 4.98 Å². The predicted molar refractivity (Wildman–Crippen MR) is 52.9 cm³/mol. The fourth-order valence-corrected chi connectivity index (χ4v) is 1.73. The van der Waals surface area contributed by atoms with E-state index in [9.17, 15) is 0 Å². The molecule has 1 unspecified atom stereocenters. The van der Waals surface area contributed by atoms with Gasteiger partial charge in [-0.1, -0.05) is 13.8 Å². The van der Waals surface area contributed by atoms with E-state index >= 15 is 0 Å². The second kappa shape index (κ2) is 3.87. The van der Waals surface area contributed by atoms with Crippen LogP contribution in [0.1, 0.15) is 32.0 Å². The van der Waals surface area contributed by atoms with E-state index in [1.807, 2.05) is 5.38 Å². The first-order chi connectivity index (χ1) is 5.59. The molecule has 0 aliphatic heterocycles. The van der Waals surface area contributed by atoms with Crippen molar-refractivity contribution in [3.05, 3.63) is 11.1 Å². The van der Waals surface area contributed by atoms with Crippen molar-refractivity contribution in [1.29, 1.82) is 0 Å². The second-order valence-electron chi connectivity index (χ2n) is 3.35. The van der Waals surface area contributed by atoms with Crippen LogP contribution >= 0.6 is 11.3 Å². The molecule has 0 aromatic carbocycles. The fourth-order valence-electron chi connectivity index (χ4n) is 1.10. The molecule has 0 aliphatic rings. The summed E-state index contributed by atoms with van der Waals surface area (Å²) in [4.78, 5) is 4.13. The van der Waals surface area contributed by atoms with Gasteiger partial charge in [-0.15, -0.1) is 11.3 Å². The summed E-state index contributed by atoms with van der Waals surface area (Å²) < 4.78 is 0. The van der Waals surface area contributed by atoms with Crippen molar-refractivity contribution in [2.75, 3.05) is 5.73 Å².